The normalized spacial score (nSPS) is 12.6. The van der Waals surface area contributed by atoms with E-state index in [0.717, 1.165) is 5.56 Å². The van der Waals surface area contributed by atoms with Gasteiger partial charge in [-0.2, -0.15) is 0 Å². The Bertz CT molecular complexity index is 542. The maximum Gasteiger partial charge on any atom is 0.244 e. The summed E-state index contributed by atoms with van der Waals surface area (Å²) in [5.41, 5.74) is 1.13. The van der Waals surface area contributed by atoms with Gasteiger partial charge >= 0.3 is 0 Å². The Morgan fingerprint density at radius 3 is 2.17 bits per heavy atom. The molecule has 0 unspecified atom stereocenters. The minimum atomic E-state index is -3.58. The summed E-state index contributed by atoms with van der Waals surface area (Å²) in [6.45, 7) is 9.09. The van der Waals surface area contributed by atoms with Crippen molar-refractivity contribution in [2.45, 2.75) is 45.1 Å². The van der Waals surface area contributed by atoms with Gasteiger partial charge in [0.15, 0.2) is 0 Å². The van der Waals surface area contributed by atoms with E-state index >= 15 is 0 Å². The van der Waals surface area contributed by atoms with Gasteiger partial charge in [-0.15, -0.1) is 0 Å². The maximum absolute atomic E-state index is 12.4. The van der Waals surface area contributed by atoms with Crippen LogP contribution in [0.3, 0.4) is 0 Å². The third kappa shape index (κ3) is 3.46. The van der Waals surface area contributed by atoms with E-state index in [-0.39, 0.29) is 4.90 Å². The van der Waals surface area contributed by atoms with Crippen LogP contribution < -0.4 is 9.46 Å². The average Bonchev–Trinajstić information content (AvgIpc) is 2.11. The van der Waals surface area contributed by atoms with Crippen LogP contribution in [0.2, 0.25) is 0 Å². The molecule has 4 nitrogen and oxygen atoms in total. The van der Waals surface area contributed by atoms with Crippen LogP contribution in [-0.2, 0) is 10.0 Å². The highest BCUT2D eigenvalue weighted by molar-refractivity contribution is 7.89. The highest BCUT2D eigenvalue weighted by atomic mass is 32.2. The van der Waals surface area contributed by atoms with Gasteiger partial charge in [-0.3, -0.25) is 0 Å². The highest BCUT2D eigenvalue weighted by Crippen LogP contribution is 2.29. The summed E-state index contributed by atoms with van der Waals surface area (Å²) >= 11 is 0. The summed E-state index contributed by atoms with van der Waals surface area (Å²) in [6.07, 6.45) is 0. The Hall–Kier alpha value is -1.07. The van der Waals surface area contributed by atoms with E-state index in [1.165, 1.54) is 7.11 Å². The fraction of sp³-hybridized carbons (Fsp3) is 0.538. The number of aryl methyl sites for hydroxylation is 2. The molecule has 0 aliphatic rings. The molecule has 0 saturated heterocycles. The van der Waals surface area contributed by atoms with Gasteiger partial charge in [0.25, 0.3) is 0 Å². The quantitative estimate of drug-likeness (QED) is 0.918. The first-order chi connectivity index (χ1) is 8.07. The van der Waals surface area contributed by atoms with Crippen LogP contribution in [0.5, 0.6) is 5.75 Å². The summed E-state index contributed by atoms with van der Waals surface area (Å²) in [4.78, 5) is 0.213. The first-order valence-corrected chi connectivity index (χ1v) is 7.24. The van der Waals surface area contributed by atoms with Crippen LogP contribution in [0, 0.1) is 13.8 Å². The monoisotopic (exact) mass is 271 g/mol. The first-order valence-electron chi connectivity index (χ1n) is 5.76. The molecule has 0 saturated carbocycles. The molecule has 0 radical (unpaired) electrons. The molecule has 1 N–H and O–H groups in total. The van der Waals surface area contributed by atoms with Crippen LogP contribution in [0.25, 0.3) is 0 Å². The summed E-state index contributed by atoms with van der Waals surface area (Å²) in [5.74, 6) is 0.379. The second kappa shape index (κ2) is 4.90. The molecule has 0 bridgehead atoms. The average molecular weight is 271 g/mol. The summed E-state index contributed by atoms with van der Waals surface area (Å²) in [6, 6.07) is 3.56. The molecule has 18 heavy (non-hydrogen) atoms. The number of hydrogen-bond acceptors (Lipinski definition) is 3. The Kier molecular flexibility index (Phi) is 4.08. The molecule has 0 spiro atoms. The van der Waals surface area contributed by atoms with Crippen LogP contribution in [-0.4, -0.2) is 21.1 Å². The topological polar surface area (TPSA) is 55.4 Å². The zero-order valence-corrected chi connectivity index (χ0v) is 12.6. The Morgan fingerprint density at radius 2 is 1.72 bits per heavy atom. The van der Waals surface area contributed by atoms with Gasteiger partial charge in [0.1, 0.15) is 10.6 Å². The van der Waals surface area contributed by atoms with Crippen molar-refractivity contribution in [3.05, 3.63) is 23.3 Å². The third-order valence-electron chi connectivity index (χ3n) is 2.31. The second-order valence-corrected chi connectivity index (χ2v) is 7.09. The molecule has 1 aromatic rings. The predicted octanol–water partition coefficient (Wildman–Crippen LogP) is 2.39. The van der Waals surface area contributed by atoms with Gasteiger partial charge in [0.2, 0.25) is 10.0 Å². The number of ether oxygens (including phenoxy) is 1. The molecular weight excluding hydrogens is 250 g/mol. The van der Waals surface area contributed by atoms with E-state index in [4.69, 9.17) is 4.74 Å². The van der Waals surface area contributed by atoms with Crippen molar-refractivity contribution in [3.8, 4) is 5.75 Å². The number of rotatable bonds is 3. The molecule has 0 fully saturated rings. The molecule has 0 amide bonds. The number of sulfonamides is 1. The Morgan fingerprint density at radius 1 is 1.17 bits per heavy atom. The van der Waals surface area contributed by atoms with Crippen LogP contribution >= 0.6 is 0 Å². The maximum atomic E-state index is 12.4. The number of benzene rings is 1. The van der Waals surface area contributed by atoms with Crippen molar-refractivity contribution in [1.82, 2.24) is 4.72 Å². The van der Waals surface area contributed by atoms with Gasteiger partial charge < -0.3 is 4.74 Å². The van der Waals surface area contributed by atoms with Crippen molar-refractivity contribution in [3.63, 3.8) is 0 Å². The van der Waals surface area contributed by atoms with Crippen molar-refractivity contribution in [2.75, 3.05) is 7.11 Å². The molecule has 0 aliphatic carbocycles. The van der Waals surface area contributed by atoms with Gasteiger partial charge in [-0.1, -0.05) is 6.07 Å². The van der Waals surface area contributed by atoms with E-state index in [0.29, 0.717) is 11.3 Å². The Balaban J connectivity index is 3.41. The van der Waals surface area contributed by atoms with E-state index in [9.17, 15) is 8.42 Å². The van der Waals surface area contributed by atoms with E-state index in [1.807, 2.05) is 13.0 Å². The first kappa shape index (κ1) is 15.0. The summed E-state index contributed by atoms with van der Waals surface area (Å²) < 4.78 is 32.6. The van der Waals surface area contributed by atoms with Crippen molar-refractivity contribution in [2.24, 2.45) is 0 Å². The standard InChI is InChI=1S/C13H21NO3S/c1-9-7-10(2)12(11(8-9)17-6)18(15,16)14-13(3,4)5/h7-8,14H,1-6H3. The molecular formula is C13H21NO3S. The number of methoxy groups -OCH3 is 1. The number of hydrogen-bond donors (Lipinski definition) is 1. The van der Waals surface area contributed by atoms with Gasteiger partial charge in [-0.05, 0) is 51.8 Å². The molecule has 0 aromatic heterocycles. The summed E-state index contributed by atoms with van der Waals surface area (Å²) in [7, 11) is -2.11. The van der Waals surface area contributed by atoms with Gasteiger partial charge in [0.05, 0.1) is 7.11 Å². The largest absolute Gasteiger partial charge is 0.495 e. The minimum absolute atomic E-state index is 0.213. The molecule has 1 rings (SSSR count). The SMILES string of the molecule is COc1cc(C)cc(C)c1S(=O)(=O)NC(C)(C)C. The zero-order valence-electron chi connectivity index (χ0n) is 11.8. The van der Waals surface area contributed by atoms with Gasteiger partial charge in [0, 0.05) is 5.54 Å². The van der Waals surface area contributed by atoms with E-state index in [2.05, 4.69) is 4.72 Å². The number of nitrogens with one attached hydrogen (secondary N) is 1. The molecule has 5 heteroatoms. The van der Waals surface area contributed by atoms with Gasteiger partial charge in [-0.25, -0.2) is 13.1 Å². The zero-order chi connectivity index (χ0) is 14.1. The molecule has 102 valence electrons. The van der Waals surface area contributed by atoms with E-state index < -0.39 is 15.6 Å². The molecule has 0 aliphatic heterocycles. The fourth-order valence-electron chi connectivity index (χ4n) is 1.87. The lowest BCUT2D eigenvalue weighted by molar-refractivity contribution is 0.400. The third-order valence-corrected chi connectivity index (χ3v) is 4.26. The lowest BCUT2D eigenvalue weighted by atomic mass is 10.1. The smallest absolute Gasteiger partial charge is 0.244 e. The summed E-state index contributed by atoms with van der Waals surface area (Å²) in [5, 5.41) is 0. The molecule has 0 heterocycles. The van der Waals surface area contributed by atoms with Crippen LogP contribution in [0.4, 0.5) is 0 Å². The van der Waals surface area contributed by atoms with Crippen molar-refractivity contribution < 1.29 is 13.2 Å². The van der Waals surface area contributed by atoms with E-state index in [1.54, 1.807) is 33.8 Å². The lowest BCUT2D eigenvalue weighted by Crippen LogP contribution is -2.40. The molecule has 0 atom stereocenters. The Labute approximate surface area is 109 Å². The minimum Gasteiger partial charge on any atom is -0.495 e. The van der Waals surface area contributed by atoms with Crippen LogP contribution in [0.15, 0.2) is 17.0 Å². The van der Waals surface area contributed by atoms with Crippen LogP contribution in [0.1, 0.15) is 31.9 Å². The van der Waals surface area contributed by atoms with Crippen molar-refractivity contribution >= 4 is 10.0 Å². The highest BCUT2D eigenvalue weighted by Gasteiger charge is 2.27. The lowest BCUT2D eigenvalue weighted by Gasteiger charge is -2.22. The second-order valence-electron chi connectivity index (χ2n) is 5.47. The molecule has 1 aromatic carbocycles. The fourth-order valence-corrected chi connectivity index (χ4v) is 3.66. The predicted molar refractivity (Wildman–Crippen MR) is 72.5 cm³/mol. The van der Waals surface area contributed by atoms with Crippen molar-refractivity contribution in [1.29, 1.82) is 0 Å².